The lowest BCUT2D eigenvalue weighted by Crippen LogP contribution is -2.38. The van der Waals surface area contributed by atoms with Gasteiger partial charge < -0.3 is 14.6 Å². The third-order valence-electron chi connectivity index (χ3n) is 5.19. The molecule has 1 aromatic heterocycles. The summed E-state index contributed by atoms with van der Waals surface area (Å²) in [6.07, 6.45) is 6.99. The highest BCUT2D eigenvalue weighted by Crippen LogP contribution is 2.33. The van der Waals surface area contributed by atoms with E-state index in [2.05, 4.69) is 21.8 Å². The van der Waals surface area contributed by atoms with E-state index in [9.17, 15) is 4.79 Å². The smallest absolute Gasteiger partial charge is 0.234 e. The second-order valence-electron chi connectivity index (χ2n) is 6.80. The van der Waals surface area contributed by atoms with Crippen molar-refractivity contribution in [2.75, 3.05) is 32.8 Å². The lowest BCUT2D eigenvalue weighted by molar-refractivity contribution is -0.122. The maximum atomic E-state index is 12.2. The molecule has 0 saturated carbocycles. The summed E-state index contributed by atoms with van der Waals surface area (Å²) in [6, 6.07) is 0.276. The number of nitrogens with zero attached hydrogens (tertiary/aromatic N) is 3. The fourth-order valence-corrected chi connectivity index (χ4v) is 3.96. The molecule has 0 spiro atoms. The maximum Gasteiger partial charge on any atom is 0.234 e. The van der Waals surface area contributed by atoms with Crippen LogP contribution in [0.4, 0.5) is 0 Å². The molecule has 2 heterocycles. The van der Waals surface area contributed by atoms with Crippen LogP contribution >= 0.6 is 0 Å². The van der Waals surface area contributed by atoms with E-state index in [1.807, 2.05) is 6.92 Å². The molecule has 134 valence electrons. The van der Waals surface area contributed by atoms with Gasteiger partial charge in [0, 0.05) is 25.9 Å². The van der Waals surface area contributed by atoms with Crippen LogP contribution in [0, 0.1) is 0 Å². The van der Waals surface area contributed by atoms with Crippen molar-refractivity contribution in [3.8, 4) is 0 Å². The Labute approximate surface area is 144 Å². The van der Waals surface area contributed by atoms with Crippen LogP contribution < -0.4 is 5.32 Å². The number of ether oxygens (including phenoxy) is 1. The standard InChI is InChI=1S/C18H30N4O2/c1-3-24-12-10-19-17(23)13-22-11-6-9-16(22)18-20-14-7-4-5-8-15(14)21(18)2/h16H,3-13H2,1-2H3,(H,19,23)/t16-/m1/s1. The predicted octanol–water partition coefficient (Wildman–Crippen LogP) is 1.59. The molecular weight excluding hydrogens is 304 g/mol. The summed E-state index contributed by atoms with van der Waals surface area (Å²) in [5, 5.41) is 2.95. The number of fused-ring (bicyclic) bond motifs is 1. The van der Waals surface area contributed by atoms with Crippen LogP contribution in [0.1, 0.15) is 55.9 Å². The van der Waals surface area contributed by atoms with Crippen molar-refractivity contribution >= 4 is 5.91 Å². The number of imidazole rings is 1. The Bertz CT molecular complexity index is 570. The zero-order valence-corrected chi connectivity index (χ0v) is 15.0. The first-order chi connectivity index (χ1) is 11.7. The number of amides is 1. The van der Waals surface area contributed by atoms with Gasteiger partial charge in [-0.05, 0) is 52.0 Å². The van der Waals surface area contributed by atoms with Crippen molar-refractivity contribution in [2.24, 2.45) is 7.05 Å². The molecule has 1 fully saturated rings. The molecule has 6 heteroatoms. The fraction of sp³-hybridized carbons (Fsp3) is 0.778. The molecule has 2 aliphatic rings. The van der Waals surface area contributed by atoms with E-state index >= 15 is 0 Å². The molecule has 0 bridgehead atoms. The number of aromatic nitrogens is 2. The Hall–Kier alpha value is -1.40. The Kier molecular flexibility index (Phi) is 5.89. The summed E-state index contributed by atoms with van der Waals surface area (Å²) >= 11 is 0. The molecule has 1 aliphatic heterocycles. The number of aryl methyl sites for hydroxylation is 1. The zero-order chi connectivity index (χ0) is 16.9. The van der Waals surface area contributed by atoms with Crippen molar-refractivity contribution in [1.29, 1.82) is 0 Å². The van der Waals surface area contributed by atoms with Crippen LogP contribution in [0.3, 0.4) is 0 Å². The van der Waals surface area contributed by atoms with Gasteiger partial charge in [0.15, 0.2) is 0 Å². The topological polar surface area (TPSA) is 59.4 Å². The number of nitrogens with one attached hydrogen (secondary N) is 1. The normalized spacial score (nSPS) is 21.0. The van der Waals surface area contributed by atoms with E-state index < -0.39 is 0 Å². The Morgan fingerprint density at radius 2 is 2.17 bits per heavy atom. The molecule has 1 aliphatic carbocycles. The monoisotopic (exact) mass is 334 g/mol. The highest BCUT2D eigenvalue weighted by molar-refractivity contribution is 5.78. The van der Waals surface area contributed by atoms with Gasteiger partial charge in [0.05, 0.1) is 24.9 Å². The van der Waals surface area contributed by atoms with Crippen molar-refractivity contribution in [1.82, 2.24) is 19.8 Å². The maximum absolute atomic E-state index is 12.2. The van der Waals surface area contributed by atoms with Crippen molar-refractivity contribution < 1.29 is 9.53 Å². The van der Waals surface area contributed by atoms with E-state index in [4.69, 9.17) is 9.72 Å². The fourth-order valence-electron chi connectivity index (χ4n) is 3.96. The van der Waals surface area contributed by atoms with Gasteiger partial charge in [0.1, 0.15) is 5.82 Å². The minimum atomic E-state index is 0.0839. The molecule has 0 radical (unpaired) electrons. The van der Waals surface area contributed by atoms with Crippen LogP contribution in [0.5, 0.6) is 0 Å². The van der Waals surface area contributed by atoms with Crippen LogP contribution in [-0.4, -0.2) is 53.2 Å². The van der Waals surface area contributed by atoms with Crippen molar-refractivity contribution in [3.05, 3.63) is 17.2 Å². The SMILES string of the molecule is CCOCCNC(=O)CN1CCC[C@@H]1c1nc2c(n1C)CCCC2. The van der Waals surface area contributed by atoms with Gasteiger partial charge in [-0.3, -0.25) is 9.69 Å². The first-order valence-corrected chi connectivity index (χ1v) is 9.33. The van der Waals surface area contributed by atoms with Gasteiger partial charge in [-0.15, -0.1) is 0 Å². The van der Waals surface area contributed by atoms with E-state index in [0.29, 0.717) is 26.3 Å². The molecular formula is C18H30N4O2. The lowest BCUT2D eigenvalue weighted by Gasteiger charge is -2.23. The number of carbonyl (C=O) groups is 1. The van der Waals surface area contributed by atoms with Crippen LogP contribution in [0.25, 0.3) is 0 Å². The van der Waals surface area contributed by atoms with Crippen LogP contribution in [-0.2, 0) is 29.4 Å². The minimum Gasteiger partial charge on any atom is -0.380 e. The highest BCUT2D eigenvalue weighted by Gasteiger charge is 2.32. The summed E-state index contributed by atoms with van der Waals surface area (Å²) in [4.78, 5) is 19.4. The molecule has 1 saturated heterocycles. The lowest BCUT2D eigenvalue weighted by atomic mass is 10.0. The Morgan fingerprint density at radius 3 is 2.96 bits per heavy atom. The largest absolute Gasteiger partial charge is 0.380 e. The molecule has 24 heavy (non-hydrogen) atoms. The highest BCUT2D eigenvalue weighted by atomic mass is 16.5. The van der Waals surface area contributed by atoms with E-state index in [1.54, 1.807) is 0 Å². The summed E-state index contributed by atoms with van der Waals surface area (Å²) in [5.74, 6) is 1.24. The van der Waals surface area contributed by atoms with Gasteiger partial charge in [-0.25, -0.2) is 4.98 Å². The number of likely N-dealkylation sites (tertiary alicyclic amines) is 1. The average Bonchev–Trinajstić information content (AvgIpc) is 3.16. The Morgan fingerprint density at radius 1 is 1.33 bits per heavy atom. The molecule has 0 unspecified atom stereocenters. The minimum absolute atomic E-state index is 0.0839. The second kappa shape index (κ2) is 8.12. The summed E-state index contributed by atoms with van der Waals surface area (Å²) < 4.78 is 7.56. The van der Waals surface area contributed by atoms with Gasteiger partial charge in [-0.2, -0.15) is 0 Å². The number of hydrogen-bond donors (Lipinski definition) is 1. The quantitative estimate of drug-likeness (QED) is 0.769. The molecule has 1 amide bonds. The first kappa shape index (κ1) is 17.4. The Balaban J connectivity index is 1.61. The van der Waals surface area contributed by atoms with Gasteiger partial charge in [-0.1, -0.05) is 0 Å². The van der Waals surface area contributed by atoms with E-state index in [0.717, 1.165) is 38.1 Å². The number of hydrogen-bond acceptors (Lipinski definition) is 4. The molecule has 1 atom stereocenters. The summed E-state index contributed by atoms with van der Waals surface area (Å²) in [5.41, 5.74) is 2.69. The molecule has 6 nitrogen and oxygen atoms in total. The molecule has 1 aromatic rings. The van der Waals surface area contributed by atoms with Gasteiger partial charge >= 0.3 is 0 Å². The number of rotatable bonds is 7. The summed E-state index contributed by atoms with van der Waals surface area (Å²) in [7, 11) is 2.14. The summed E-state index contributed by atoms with van der Waals surface area (Å²) in [6.45, 7) is 5.24. The third-order valence-corrected chi connectivity index (χ3v) is 5.19. The molecule has 1 N–H and O–H groups in total. The third kappa shape index (κ3) is 3.81. The first-order valence-electron chi connectivity index (χ1n) is 9.33. The van der Waals surface area contributed by atoms with Crippen LogP contribution in [0.15, 0.2) is 0 Å². The zero-order valence-electron chi connectivity index (χ0n) is 15.0. The van der Waals surface area contributed by atoms with Crippen molar-refractivity contribution in [2.45, 2.75) is 51.5 Å². The van der Waals surface area contributed by atoms with E-state index in [1.165, 1.54) is 24.2 Å². The van der Waals surface area contributed by atoms with Crippen LogP contribution in [0.2, 0.25) is 0 Å². The van der Waals surface area contributed by atoms with Crippen molar-refractivity contribution in [3.63, 3.8) is 0 Å². The molecule has 0 aromatic carbocycles. The molecule has 3 rings (SSSR count). The van der Waals surface area contributed by atoms with Gasteiger partial charge in [0.25, 0.3) is 0 Å². The van der Waals surface area contributed by atoms with Gasteiger partial charge in [0.2, 0.25) is 5.91 Å². The van der Waals surface area contributed by atoms with E-state index in [-0.39, 0.29) is 11.9 Å². The second-order valence-corrected chi connectivity index (χ2v) is 6.80. The number of carbonyl (C=O) groups excluding carboxylic acids is 1. The average molecular weight is 334 g/mol. The predicted molar refractivity (Wildman–Crippen MR) is 92.9 cm³/mol.